The van der Waals surface area contributed by atoms with Gasteiger partial charge in [0.1, 0.15) is 5.76 Å². The van der Waals surface area contributed by atoms with Gasteiger partial charge in [-0.25, -0.2) is 4.98 Å². The van der Waals surface area contributed by atoms with Crippen LogP contribution in [0, 0.1) is 11.8 Å². The van der Waals surface area contributed by atoms with Crippen molar-refractivity contribution in [3.8, 4) is 0 Å². The van der Waals surface area contributed by atoms with Crippen LogP contribution >= 0.6 is 0 Å². The van der Waals surface area contributed by atoms with Gasteiger partial charge >= 0.3 is 0 Å². The normalized spacial score (nSPS) is 29.9. The van der Waals surface area contributed by atoms with E-state index < -0.39 is 0 Å². The smallest absolute Gasteiger partial charge is 0.223 e. The molecule has 3 heterocycles. The van der Waals surface area contributed by atoms with E-state index in [1.54, 1.807) is 0 Å². The Hall–Kier alpha value is -1.40. The molecule has 0 unspecified atom stereocenters. The van der Waals surface area contributed by atoms with Crippen LogP contribution in [0.25, 0.3) is 0 Å². The van der Waals surface area contributed by atoms with Gasteiger partial charge in [-0.1, -0.05) is 0 Å². The molecule has 3 aliphatic rings. The molecule has 126 valence electrons. The van der Waals surface area contributed by atoms with Crippen molar-refractivity contribution in [2.45, 2.75) is 50.7 Å². The zero-order valence-corrected chi connectivity index (χ0v) is 13.4. The molecule has 1 aromatic rings. The van der Waals surface area contributed by atoms with E-state index >= 15 is 0 Å². The molecule has 23 heavy (non-hydrogen) atoms. The number of oxazole rings is 1. The summed E-state index contributed by atoms with van der Waals surface area (Å²) in [7, 11) is 0. The number of primary amides is 1. The van der Waals surface area contributed by atoms with Crippen LogP contribution in [-0.4, -0.2) is 41.6 Å². The Balaban J connectivity index is 1.29. The van der Waals surface area contributed by atoms with Crippen LogP contribution in [0.2, 0.25) is 0 Å². The molecule has 0 spiro atoms. The second kappa shape index (κ2) is 6.24. The third-order valence-electron chi connectivity index (χ3n) is 5.51. The predicted molar refractivity (Wildman–Crippen MR) is 83.5 cm³/mol. The van der Waals surface area contributed by atoms with Crippen molar-refractivity contribution in [1.82, 2.24) is 9.88 Å². The number of nitrogens with two attached hydrogens (primary N) is 1. The van der Waals surface area contributed by atoms with E-state index in [0.29, 0.717) is 18.4 Å². The van der Waals surface area contributed by atoms with Crippen molar-refractivity contribution in [3.63, 3.8) is 0 Å². The molecular weight excluding hydrogens is 294 g/mol. The first-order valence-corrected chi connectivity index (χ1v) is 8.78. The van der Waals surface area contributed by atoms with E-state index in [-0.39, 0.29) is 17.9 Å². The number of piperidine rings is 1. The fourth-order valence-corrected chi connectivity index (χ4v) is 3.97. The molecule has 2 N–H and O–H groups in total. The third kappa shape index (κ3) is 3.28. The Labute approximate surface area is 136 Å². The topological polar surface area (TPSA) is 81.6 Å². The highest BCUT2D eigenvalue weighted by Crippen LogP contribution is 2.40. The lowest BCUT2D eigenvalue weighted by atomic mass is 9.84. The lowest BCUT2D eigenvalue weighted by molar-refractivity contribution is -0.124. The molecule has 1 amide bonds. The van der Waals surface area contributed by atoms with Gasteiger partial charge in [-0.05, 0) is 51.1 Å². The highest BCUT2D eigenvalue weighted by Gasteiger charge is 2.39. The van der Waals surface area contributed by atoms with Crippen LogP contribution in [0.5, 0.6) is 0 Å². The Bertz CT molecular complexity index is 561. The molecule has 4 rings (SSSR count). The summed E-state index contributed by atoms with van der Waals surface area (Å²) in [6.45, 7) is 3.44. The van der Waals surface area contributed by atoms with Crippen LogP contribution in [0.3, 0.4) is 0 Å². The minimum absolute atomic E-state index is 0.0258. The molecule has 1 aromatic heterocycles. The zero-order chi connectivity index (χ0) is 15.8. The Morgan fingerprint density at radius 1 is 1.26 bits per heavy atom. The molecule has 0 radical (unpaired) electrons. The van der Waals surface area contributed by atoms with Gasteiger partial charge in [0, 0.05) is 12.5 Å². The summed E-state index contributed by atoms with van der Waals surface area (Å²) in [5, 5.41) is 0. The number of hydrogen-bond acceptors (Lipinski definition) is 5. The Kier molecular flexibility index (Phi) is 4.11. The Morgan fingerprint density at radius 2 is 2.04 bits per heavy atom. The van der Waals surface area contributed by atoms with E-state index in [0.717, 1.165) is 50.5 Å². The quantitative estimate of drug-likeness (QED) is 0.892. The number of rotatable bonds is 5. The summed E-state index contributed by atoms with van der Waals surface area (Å²) < 4.78 is 11.7. The lowest BCUT2D eigenvalue weighted by Crippen LogP contribution is -2.41. The average molecular weight is 319 g/mol. The molecule has 0 aromatic carbocycles. The second-order valence-electron chi connectivity index (χ2n) is 7.18. The molecule has 6 nitrogen and oxygen atoms in total. The SMILES string of the molecule is NC(=O)[C@H]1CCO[C@@H]1C1CCN(Cc2ncc(C3CC3)o2)CC1. The summed E-state index contributed by atoms with van der Waals surface area (Å²) in [6, 6.07) is 0. The van der Waals surface area contributed by atoms with Crippen molar-refractivity contribution in [3.05, 3.63) is 17.8 Å². The summed E-state index contributed by atoms with van der Waals surface area (Å²) >= 11 is 0. The predicted octanol–water partition coefficient (Wildman–Crippen LogP) is 1.65. The van der Waals surface area contributed by atoms with Gasteiger partial charge in [-0.2, -0.15) is 0 Å². The number of nitrogens with zero attached hydrogens (tertiary/aromatic N) is 2. The summed E-state index contributed by atoms with van der Waals surface area (Å²) in [6.07, 6.45) is 7.27. The highest BCUT2D eigenvalue weighted by molar-refractivity contribution is 5.77. The number of hydrogen-bond donors (Lipinski definition) is 1. The second-order valence-corrected chi connectivity index (χ2v) is 7.18. The minimum Gasteiger partial charge on any atom is -0.444 e. The summed E-state index contributed by atoms with van der Waals surface area (Å²) in [5.74, 6) is 2.64. The van der Waals surface area contributed by atoms with Crippen molar-refractivity contribution in [1.29, 1.82) is 0 Å². The fraction of sp³-hybridized carbons (Fsp3) is 0.765. The van der Waals surface area contributed by atoms with Gasteiger partial charge in [0.2, 0.25) is 11.8 Å². The van der Waals surface area contributed by atoms with Gasteiger partial charge < -0.3 is 14.9 Å². The van der Waals surface area contributed by atoms with E-state index in [9.17, 15) is 4.79 Å². The van der Waals surface area contributed by atoms with Crippen LogP contribution < -0.4 is 5.73 Å². The summed E-state index contributed by atoms with van der Waals surface area (Å²) in [5.41, 5.74) is 5.51. The number of carbonyl (C=O) groups excluding carboxylic acids is 1. The first-order valence-electron chi connectivity index (χ1n) is 8.78. The number of carbonyl (C=O) groups is 1. The standard InChI is InChI=1S/C17H25N3O3/c18-17(21)13-5-8-22-16(13)12-3-6-20(7-4-12)10-15-19-9-14(23-15)11-1-2-11/h9,11-13,16H,1-8,10H2,(H2,18,21)/t13-,16+/m0/s1. The molecule has 0 bridgehead atoms. The van der Waals surface area contributed by atoms with Gasteiger partial charge in [-0.15, -0.1) is 0 Å². The van der Waals surface area contributed by atoms with Crippen LogP contribution in [0.15, 0.2) is 10.6 Å². The maximum Gasteiger partial charge on any atom is 0.223 e. The molecule has 6 heteroatoms. The largest absolute Gasteiger partial charge is 0.444 e. The number of amides is 1. The minimum atomic E-state index is -0.206. The van der Waals surface area contributed by atoms with Crippen LogP contribution in [-0.2, 0) is 16.1 Å². The van der Waals surface area contributed by atoms with Crippen LogP contribution in [0.4, 0.5) is 0 Å². The molecule has 3 fully saturated rings. The maximum atomic E-state index is 11.5. The number of ether oxygens (including phenoxy) is 1. The Morgan fingerprint density at radius 3 is 2.74 bits per heavy atom. The van der Waals surface area contributed by atoms with Crippen LogP contribution in [0.1, 0.15) is 49.7 Å². The van der Waals surface area contributed by atoms with Gasteiger partial charge in [0.05, 0.1) is 24.8 Å². The molecule has 1 saturated carbocycles. The summed E-state index contributed by atoms with van der Waals surface area (Å²) in [4.78, 5) is 18.3. The molecule has 2 aliphatic heterocycles. The van der Waals surface area contributed by atoms with E-state index in [1.807, 2.05) is 6.20 Å². The molecule has 1 aliphatic carbocycles. The maximum absolute atomic E-state index is 11.5. The number of likely N-dealkylation sites (tertiary alicyclic amines) is 1. The van der Waals surface area contributed by atoms with Gasteiger partial charge in [-0.3, -0.25) is 9.69 Å². The zero-order valence-electron chi connectivity index (χ0n) is 13.4. The van der Waals surface area contributed by atoms with E-state index in [1.165, 1.54) is 12.8 Å². The first kappa shape index (κ1) is 15.1. The van der Waals surface area contributed by atoms with Crippen molar-refractivity contribution >= 4 is 5.91 Å². The third-order valence-corrected chi connectivity index (χ3v) is 5.51. The number of aromatic nitrogens is 1. The molecular formula is C17H25N3O3. The van der Waals surface area contributed by atoms with Gasteiger partial charge in [0.15, 0.2) is 0 Å². The van der Waals surface area contributed by atoms with Crippen molar-refractivity contribution < 1.29 is 13.9 Å². The first-order chi connectivity index (χ1) is 11.2. The van der Waals surface area contributed by atoms with E-state index in [4.69, 9.17) is 14.9 Å². The van der Waals surface area contributed by atoms with Gasteiger partial charge in [0.25, 0.3) is 0 Å². The van der Waals surface area contributed by atoms with Crippen molar-refractivity contribution in [2.24, 2.45) is 17.6 Å². The van der Waals surface area contributed by atoms with E-state index in [2.05, 4.69) is 9.88 Å². The lowest BCUT2D eigenvalue weighted by Gasteiger charge is -2.35. The fourth-order valence-electron chi connectivity index (χ4n) is 3.97. The monoisotopic (exact) mass is 319 g/mol. The average Bonchev–Trinajstić information content (AvgIpc) is 3.10. The molecule has 2 saturated heterocycles. The molecule has 2 atom stereocenters. The highest BCUT2D eigenvalue weighted by atomic mass is 16.5. The van der Waals surface area contributed by atoms with Crippen molar-refractivity contribution in [2.75, 3.05) is 19.7 Å².